The lowest BCUT2D eigenvalue weighted by atomic mass is 10.2. The fourth-order valence-corrected chi connectivity index (χ4v) is 3.33. The van der Waals surface area contributed by atoms with E-state index < -0.39 is 5.60 Å². The average Bonchev–Trinajstić information content (AvgIpc) is 2.94. The molecule has 1 aliphatic heterocycles. The van der Waals surface area contributed by atoms with E-state index in [9.17, 15) is 4.79 Å². The number of rotatable bonds is 2. The van der Waals surface area contributed by atoms with Crippen molar-refractivity contribution in [2.24, 2.45) is 0 Å². The number of carbonyl (C=O) groups excluding carboxylic acids is 1. The van der Waals surface area contributed by atoms with Gasteiger partial charge in [0.15, 0.2) is 10.8 Å². The topological polar surface area (TPSA) is 75.9 Å². The number of piperazine rings is 1. The Morgan fingerprint density at radius 3 is 2.65 bits per heavy atom. The van der Waals surface area contributed by atoms with Gasteiger partial charge in [0.2, 0.25) is 5.95 Å². The maximum Gasteiger partial charge on any atom is 0.410 e. The molecule has 3 heterocycles. The normalized spacial score (nSPS) is 18.5. The second-order valence-electron chi connectivity index (χ2n) is 7.54. The van der Waals surface area contributed by atoms with Crippen molar-refractivity contribution in [2.45, 2.75) is 51.4 Å². The van der Waals surface area contributed by atoms with Crippen molar-refractivity contribution in [3.05, 3.63) is 11.8 Å². The second kappa shape index (κ2) is 6.94. The van der Waals surface area contributed by atoms with Gasteiger partial charge in [-0.1, -0.05) is 11.8 Å². The minimum Gasteiger partial charge on any atom is -0.444 e. The van der Waals surface area contributed by atoms with Gasteiger partial charge in [-0.15, -0.1) is 0 Å². The SMILES string of the molecule is CSc1nc(N2CCN(C(=O)OC(C)(C)C)C[C@@H]2C)n2ncc(C)c2n1. The molecule has 0 bridgehead atoms. The molecule has 26 heavy (non-hydrogen) atoms. The number of hydrogen-bond donors (Lipinski definition) is 0. The fraction of sp³-hybridized carbons (Fsp3) is 0.647. The standard InChI is InChI=1S/C17H26N6O2S/c1-11-9-18-23-13(11)19-14(26-6)20-15(23)22-8-7-21(10-12(22)2)16(24)25-17(3,4)5/h9,12H,7-8,10H2,1-6H3/t12-/m0/s1. The van der Waals surface area contributed by atoms with Crippen molar-refractivity contribution in [1.29, 1.82) is 0 Å². The van der Waals surface area contributed by atoms with Gasteiger partial charge >= 0.3 is 6.09 Å². The molecule has 9 heteroatoms. The first kappa shape index (κ1) is 18.8. The van der Waals surface area contributed by atoms with E-state index in [4.69, 9.17) is 4.74 Å². The molecule has 0 aliphatic carbocycles. The zero-order valence-electron chi connectivity index (χ0n) is 16.2. The number of nitrogens with zero attached hydrogens (tertiary/aromatic N) is 6. The van der Waals surface area contributed by atoms with E-state index in [2.05, 4.69) is 26.9 Å². The Morgan fingerprint density at radius 1 is 1.31 bits per heavy atom. The van der Waals surface area contributed by atoms with Gasteiger partial charge in [0, 0.05) is 31.2 Å². The number of anilines is 1. The summed E-state index contributed by atoms with van der Waals surface area (Å²) in [7, 11) is 0. The molecule has 0 N–H and O–H groups in total. The van der Waals surface area contributed by atoms with Gasteiger partial charge in [-0.2, -0.15) is 14.6 Å². The zero-order chi connectivity index (χ0) is 19.1. The molecule has 0 aromatic carbocycles. The number of aromatic nitrogens is 4. The van der Waals surface area contributed by atoms with Crippen LogP contribution < -0.4 is 4.90 Å². The Morgan fingerprint density at radius 2 is 2.04 bits per heavy atom. The monoisotopic (exact) mass is 378 g/mol. The number of ether oxygens (including phenoxy) is 1. The molecule has 0 unspecified atom stereocenters. The summed E-state index contributed by atoms with van der Waals surface area (Å²) in [5, 5.41) is 5.16. The lowest BCUT2D eigenvalue weighted by Crippen LogP contribution is -2.55. The van der Waals surface area contributed by atoms with Crippen LogP contribution in [0.4, 0.5) is 10.7 Å². The molecule has 2 aromatic heterocycles. The molecule has 8 nitrogen and oxygen atoms in total. The highest BCUT2D eigenvalue weighted by atomic mass is 32.2. The summed E-state index contributed by atoms with van der Waals surface area (Å²) in [6.45, 7) is 11.5. The highest BCUT2D eigenvalue weighted by Gasteiger charge is 2.32. The highest BCUT2D eigenvalue weighted by molar-refractivity contribution is 7.98. The number of aryl methyl sites for hydroxylation is 1. The zero-order valence-corrected chi connectivity index (χ0v) is 17.0. The maximum absolute atomic E-state index is 12.4. The lowest BCUT2D eigenvalue weighted by Gasteiger charge is -2.40. The third-order valence-electron chi connectivity index (χ3n) is 4.23. The molecular formula is C17H26N6O2S. The first-order valence-corrected chi connectivity index (χ1v) is 9.93. The van der Waals surface area contributed by atoms with Crippen molar-refractivity contribution in [3.8, 4) is 0 Å². The first-order chi connectivity index (χ1) is 12.2. The largest absolute Gasteiger partial charge is 0.444 e. The molecular weight excluding hydrogens is 352 g/mol. The summed E-state index contributed by atoms with van der Waals surface area (Å²) in [5.74, 6) is 0.767. The number of fused-ring (bicyclic) bond motifs is 1. The molecule has 1 aliphatic rings. The minimum absolute atomic E-state index is 0.0913. The predicted octanol–water partition coefficient (Wildman–Crippen LogP) is 2.60. The number of thioether (sulfide) groups is 1. The molecule has 1 saturated heterocycles. The molecule has 2 aromatic rings. The van der Waals surface area contributed by atoms with E-state index in [1.165, 1.54) is 11.8 Å². The molecule has 0 saturated carbocycles. The molecule has 1 atom stereocenters. The number of hydrogen-bond acceptors (Lipinski definition) is 7. The Hall–Kier alpha value is -2.03. The van der Waals surface area contributed by atoms with Crippen molar-refractivity contribution >= 4 is 29.5 Å². The average molecular weight is 379 g/mol. The van der Waals surface area contributed by atoms with Crippen LogP contribution in [0.1, 0.15) is 33.3 Å². The van der Waals surface area contributed by atoms with Crippen LogP contribution in [0.2, 0.25) is 0 Å². The predicted molar refractivity (Wildman–Crippen MR) is 102 cm³/mol. The van der Waals surface area contributed by atoms with Gasteiger partial charge in [0.25, 0.3) is 0 Å². The van der Waals surface area contributed by atoms with E-state index in [1.54, 1.807) is 15.6 Å². The summed E-state index contributed by atoms with van der Waals surface area (Å²) < 4.78 is 7.28. The van der Waals surface area contributed by atoms with Gasteiger partial charge in [-0.05, 0) is 40.9 Å². The number of carbonyl (C=O) groups is 1. The fourth-order valence-electron chi connectivity index (χ4n) is 2.98. The van der Waals surface area contributed by atoms with Crippen LogP contribution in [0.5, 0.6) is 0 Å². The van der Waals surface area contributed by atoms with Crippen LogP contribution in [-0.2, 0) is 4.74 Å². The summed E-state index contributed by atoms with van der Waals surface area (Å²) >= 11 is 1.51. The lowest BCUT2D eigenvalue weighted by molar-refractivity contribution is 0.0218. The Labute approximate surface area is 157 Å². The first-order valence-electron chi connectivity index (χ1n) is 8.70. The van der Waals surface area contributed by atoms with Crippen molar-refractivity contribution < 1.29 is 9.53 Å². The summed E-state index contributed by atoms with van der Waals surface area (Å²) in [4.78, 5) is 25.5. The Kier molecular flexibility index (Phi) is 5.01. The minimum atomic E-state index is -0.490. The smallest absolute Gasteiger partial charge is 0.410 e. The van der Waals surface area contributed by atoms with Gasteiger partial charge in [0.1, 0.15) is 5.60 Å². The molecule has 1 amide bonds. The number of amides is 1. The van der Waals surface area contributed by atoms with E-state index >= 15 is 0 Å². The molecule has 0 spiro atoms. The van der Waals surface area contributed by atoms with Crippen LogP contribution in [0.25, 0.3) is 5.65 Å². The van der Waals surface area contributed by atoms with E-state index in [0.717, 1.165) is 22.3 Å². The second-order valence-corrected chi connectivity index (χ2v) is 8.32. The molecule has 0 radical (unpaired) electrons. The van der Waals surface area contributed by atoms with Gasteiger partial charge in [-0.25, -0.2) is 9.78 Å². The van der Waals surface area contributed by atoms with Crippen LogP contribution in [0, 0.1) is 6.92 Å². The quantitative estimate of drug-likeness (QED) is 0.744. The third kappa shape index (κ3) is 3.72. The molecule has 142 valence electrons. The van der Waals surface area contributed by atoms with Crippen molar-refractivity contribution in [3.63, 3.8) is 0 Å². The maximum atomic E-state index is 12.4. The van der Waals surface area contributed by atoms with E-state index in [-0.39, 0.29) is 12.1 Å². The van der Waals surface area contributed by atoms with Crippen LogP contribution in [0.3, 0.4) is 0 Å². The van der Waals surface area contributed by atoms with E-state index in [1.807, 2.05) is 34.0 Å². The Bertz CT molecular complexity index is 815. The molecule has 3 rings (SSSR count). The van der Waals surface area contributed by atoms with Crippen LogP contribution in [-0.4, -0.2) is 68.1 Å². The summed E-state index contributed by atoms with van der Waals surface area (Å²) in [6.07, 6.45) is 3.50. The van der Waals surface area contributed by atoms with Crippen LogP contribution in [0.15, 0.2) is 11.4 Å². The van der Waals surface area contributed by atoms with Gasteiger partial charge in [-0.3, -0.25) is 0 Å². The highest BCUT2D eigenvalue weighted by Crippen LogP contribution is 2.24. The summed E-state index contributed by atoms with van der Waals surface area (Å²) in [5.41, 5.74) is 1.35. The van der Waals surface area contributed by atoms with Gasteiger partial charge in [0.05, 0.1) is 6.20 Å². The third-order valence-corrected chi connectivity index (χ3v) is 4.77. The Balaban J connectivity index is 1.84. The van der Waals surface area contributed by atoms with Crippen molar-refractivity contribution in [2.75, 3.05) is 30.8 Å². The van der Waals surface area contributed by atoms with Gasteiger partial charge < -0.3 is 14.5 Å². The van der Waals surface area contributed by atoms with E-state index in [0.29, 0.717) is 19.6 Å². The molecule has 1 fully saturated rings. The van der Waals surface area contributed by atoms with Crippen molar-refractivity contribution in [1.82, 2.24) is 24.5 Å². The van der Waals surface area contributed by atoms with Crippen LogP contribution >= 0.6 is 11.8 Å². The summed E-state index contributed by atoms with van der Waals surface area (Å²) in [6, 6.07) is 0.0913.